The molecule has 0 spiro atoms. The molecule has 0 aliphatic heterocycles. The maximum Gasteiger partial charge on any atom is 0.327 e. The van der Waals surface area contributed by atoms with Crippen molar-refractivity contribution >= 4 is 5.97 Å². The molecule has 0 bridgehead atoms. The molecule has 22 heavy (non-hydrogen) atoms. The van der Waals surface area contributed by atoms with Crippen LogP contribution in [0.4, 0.5) is 0 Å². The first kappa shape index (κ1) is 17.3. The minimum Gasteiger partial charge on any atom is -0.508 e. The summed E-state index contributed by atoms with van der Waals surface area (Å²) in [4.78, 5) is 9.25. The zero-order valence-electron chi connectivity index (χ0n) is 12.7. The minimum absolute atomic E-state index is 0.251. The van der Waals surface area contributed by atoms with Crippen molar-refractivity contribution < 1.29 is 20.1 Å². The topological polar surface area (TPSA) is 77.8 Å². The largest absolute Gasteiger partial charge is 0.508 e. The molecule has 0 heterocycles. The van der Waals surface area contributed by atoms with Crippen LogP contribution in [0.3, 0.4) is 0 Å². The van der Waals surface area contributed by atoms with Crippen LogP contribution in [-0.2, 0) is 10.2 Å². The van der Waals surface area contributed by atoms with Gasteiger partial charge >= 0.3 is 5.97 Å². The fraction of sp³-hybridized carbons (Fsp3) is 0.167. The van der Waals surface area contributed by atoms with Gasteiger partial charge in [-0.3, -0.25) is 0 Å². The number of hydrogen-bond acceptors (Lipinski definition) is 3. The molecule has 0 saturated heterocycles. The maximum absolute atomic E-state index is 9.92. The summed E-state index contributed by atoms with van der Waals surface area (Å²) in [5.74, 6) is -0.480. The number of benzene rings is 2. The molecular weight excluding hydrogens is 280 g/mol. The second kappa shape index (κ2) is 7.31. The number of rotatable bonds is 3. The first-order valence-electron chi connectivity index (χ1n) is 6.73. The first-order chi connectivity index (χ1) is 10.3. The number of phenolic OH excluding ortho intramolecular Hbond substituents is 2. The van der Waals surface area contributed by atoms with Gasteiger partial charge in [-0.25, -0.2) is 4.79 Å². The standard InChI is InChI=1S/C15H16O2.C3H4O2/c1-15(2,11-7-3-5-9-13(11)16)12-8-4-6-10-14(12)17;1-2-3(4)5/h3-10,16-17H,1-2H3;2H,1H2,(H,4,5). The molecular formula is C18H20O4. The van der Waals surface area contributed by atoms with Gasteiger partial charge in [0.1, 0.15) is 11.5 Å². The molecule has 0 atom stereocenters. The van der Waals surface area contributed by atoms with Gasteiger partial charge in [-0.2, -0.15) is 0 Å². The second-order valence-electron chi connectivity index (χ2n) is 5.20. The van der Waals surface area contributed by atoms with E-state index in [0.29, 0.717) is 0 Å². The third-order valence-electron chi connectivity index (χ3n) is 3.33. The van der Waals surface area contributed by atoms with Gasteiger partial charge in [0.25, 0.3) is 0 Å². The Labute approximate surface area is 130 Å². The van der Waals surface area contributed by atoms with Crippen LogP contribution < -0.4 is 0 Å². The number of carboxylic acids is 1. The molecule has 0 unspecified atom stereocenters. The second-order valence-corrected chi connectivity index (χ2v) is 5.20. The summed E-state index contributed by atoms with van der Waals surface area (Å²) in [7, 11) is 0. The van der Waals surface area contributed by atoms with E-state index < -0.39 is 11.4 Å². The van der Waals surface area contributed by atoms with Crippen molar-refractivity contribution in [3.63, 3.8) is 0 Å². The van der Waals surface area contributed by atoms with Gasteiger partial charge in [-0.1, -0.05) is 56.8 Å². The molecule has 0 aliphatic carbocycles. The van der Waals surface area contributed by atoms with Crippen LogP contribution in [0.1, 0.15) is 25.0 Å². The first-order valence-corrected chi connectivity index (χ1v) is 6.73. The quantitative estimate of drug-likeness (QED) is 0.756. The number of hydrogen-bond donors (Lipinski definition) is 3. The zero-order valence-corrected chi connectivity index (χ0v) is 12.7. The minimum atomic E-state index is -0.981. The van der Waals surface area contributed by atoms with Crippen molar-refractivity contribution in [3.8, 4) is 11.5 Å². The third-order valence-corrected chi connectivity index (χ3v) is 3.33. The molecule has 0 radical (unpaired) electrons. The average Bonchev–Trinajstić information content (AvgIpc) is 2.48. The molecule has 0 fully saturated rings. The predicted octanol–water partition coefficient (Wildman–Crippen LogP) is 3.68. The molecule has 0 aliphatic rings. The highest BCUT2D eigenvalue weighted by Gasteiger charge is 2.28. The maximum atomic E-state index is 9.92. The summed E-state index contributed by atoms with van der Waals surface area (Å²) in [6, 6.07) is 14.4. The van der Waals surface area contributed by atoms with Gasteiger partial charge in [0.15, 0.2) is 0 Å². The number of carboxylic acid groups (broad SMARTS) is 1. The van der Waals surface area contributed by atoms with Crippen molar-refractivity contribution in [2.75, 3.05) is 0 Å². The van der Waals surface area contributed by atoms with Crippen LogP contribution in [0.25, 0.3) is 0 Å². The number of carbonyl (C=O) groups is 1. The summed E-state index contributed by atoms with van der Waals surface area (Å²) in [5, 5.41) is 27.4. The lowest BCUT2D eigenvalue weighted by molar-refractivity contribution is -0.131. The summed E-state index contributed by atoms with van der Waals surface area (Å²) in [6.07, 6.45) is 0.833. The number of para-hydroxylation sites is 2. The van der Waals surface area contributed by atoms with Crippen LogP contribution in [0.2, 0.25) is 0 Å². The van der Waals surface area contributed by atoms with E-state index >= 15 is 0 Å². The van der Waals surface area contributed by atoms with Crippen LogP contribution in [0.15, 0.2) is 61.2 Å². The van der Waals surface area contributed by atoms with E-state index in [-0.39, 0.29) is 11.5 Å². The van der Waals surface area contributed by atoms with Gasteiger partial charge in [-0.05, 0) is 12.1 Å². The van der Waals surface area contributed by atoms with E-state index in [1.807, 2.05) is 38.1 Å². The van der Waals surface area contributed by atoms with Gasteiger partial charge in [0.2, 0.25) is 0 Å². The molecule has 4 heteroatoms. The number of aromatic hydroxyl groups is 2. The Kier molecular flexibility index (Phi) is 5.75. The number of phenols is 2. The highest BCUT2D eigenvalue weighted by Crippen LogP contribution is 2.39. The van der Waals surface area contributed by atoms with Gasteiger partial charge in [0.05, 0.1) is 0 Å². The lowest BCUT2D eigenvalue weighted by atomic mass is 9.77. The molecule has 2 aromatic carbocycles. The Balaban J connectivity index is 0.000000422. The Morgan fingerprint density at radius 2 is 1.27 bits per heavy atom. The lowest BCUT2D eigenvalue weighted by Crippen LogP contribution is -2.19. The van der Waals surface area contributed by atoms with E-state index in [2.05, 4.69) is 6.58 Å². The molecule has 2 aromatic rings. The fourth-order valence-electron chi connectivity index (χ4n) is 2.15. The van der Waals surface area contributed by atoms with Crippen LogP contribution in [0.5, 0.6) is 11.5 Å². The summed E-state index contributed by atoms with van der Waals surface area (Å²) in [5.41, 5.74) is 1.18. The SMILES string of the molecule is C=CC(=O)O.CC(C)(c1ccccc1O)c1ccccc1O. The smallest absolute Gasteiger partial charge is 0.327 e. The van der Waals surface area contributed by atoms with Crippen molar-refractivity contribution in [1.29, 1.82) is 0 Å². The molecule has 116 valence electrons. The monoisotopic (exact) mass is 300 g/mol. The van der Waals surface area contributed by atoms with Gasteiger partial charge in [-0.15, -0.1) is 0 Å². The van der Waals surface area contributed by atoms with E-state index in [1.54, 1.807) is 24.3 Å². The lowest BCUT2D eigenvalue weighted by Gasteiger charge is -2.27. The highest BCUT2D eigenvalue weighted by molar-refractivity contribution is 5.78. The van der Waals surface area contributed by atoms with E-state index in [9.17, 15) is 15.0 Å². The van der Waals surface area contributed by atoms with Crippen molar-refractivity contribution in [1.82, 2.24) is 0 Å². The molecule has 0 aromatic heterocycles. The molecule has 4 nitrogen and oxygen atoms in total. The Morgan fingerprint density at radius 3 is 1.55 bits per heavy atom. The predicted molar refractivity (Wildman–Crippen MR) is 86.2 cm³/mol. The van der Waals surface area contributed by atoms with Crippen molar-refractivity contribution in [2.24, 2.45) is 0 Å². The van der Waals surface area contributed by atoms with Crippen LogP contribution >= 0.6 is 0 Å². The van der Waals surface area contributed by atoms with E-state index in [4.69, 9.17) is 5.11 Å². The van der Waals surface area contributed by atoms with E-state index in [1.165, 1.54) is 0 Å². The van der Waals surface area contributed by atoms with Crippen LogP contribution in [-0.4, -0.2) is 21.3 Å². The van der Waals surface area contributed by atoms with Crippen molar-refractivity contribution in [3.05, 3.63) is 72.3 Å². The third kappa shape index (κ3) is 4.12. The van der Waals surface area contributed by atoms with Crippen molar-refractivity contribution in [2.45, 2.75) is 19.3 Å². The van der Waals surface area contributed by atoms with Gasteiger partial charge < -0.3 is 15.3 Å². The summed E-state index contributed by atoms with van der Waals surface area (Å²) < 4.78 is 0. The molecule has 2 rings (SSSR count). The molecule has 0 amide bonds. The summed E-state index contributed by atoms with van der Waals surface area (Å²) in [6.45, 7) is 6.93. The van der Waals surface area contributed by atoms with E-state index in [0.717, 1.165) is 17.2 Å². The Morgan fingerprint density at radius 1 is 0.955 bits per heavy atom. The number of aliphatic carboxylic acids is 1. The van der Waals surface area contributed by atoms with Gasteiger partial charge in [0, 0.05) is 22.6 Å². The summed E-state index contributed by atoms with van der Waals surface area (Å²) >= 11 is 0. The Hall–Kier alpha value is -2.75. The average molecular weight is 300 g/mol. The fourth-order valence-corrected chi connectivity index (χ4v) is 2.15. The molecule has 3 N–H and O–H groups in total. The molecule has 0 saturated carbocycles. The highest BCUT2D eigenvalue weighted by atomic mass is 16.4. The normalized spacial score (nSPS) is 10.3. The Bertz CT molecular complexity index is 612. The van der Waals surface area contributed by atoms with Crippen LogP contribution in [0, 0.1) is 0 Å². The zero-order chi connectivity index (χ0) is 16.8.